The van der Waals surface area contributed by atoms with Crippen molar-refractivity contribution in [2.45, 2.75) is 45.3 Å². The van der Waals surface area contributed by atoms with Crippen molar-refractivity contribution in [2.75, 3.05) is 6.54 Å². The molecule has 0 amide bonds. The van der Waals surface area contributed by atoms with E-state index < -0.39 is 5.60 Å². The molecule has 1 rings (SSSR count). The molecule has 96 valence electrons. The van der Waals surface area contributed by atoms with Gasteiger partial charge in [0.2, 0.25) is 0 Å². The van der Waals surface area contributed by atoms with Crippen LogP contribution in [0.2, 0.25) is 0 Å². The van der Waals surface area contributed by atoms with Gasteiger partial charge in [-0.3, -0.25) is 0 Å². The van der Waals surface area contributed by atoms with E-state index in [2.05, 4.69) is 40.3 Å². The highest BCUT2D eigenvalue weighted by atomic mass is 79.9. The van der Waals surface area contributed by atoms with Crippen LogP contribution in [0.5, 0.6) is 0 Å². The van der Waals surface area contributed by atoms with Crippen molar-refractivity contribution < 1.29 is 5.11 Å². The Hall–Kier alpha value is -0.380. The van der Waals surface area contributed by atoms with E-state index in [9.17, 15) is 5.11 Å². The Morgan fingerprint density at radius 2 is 1.76 bits per heavy atom. The normalized spacial score (nSPS) is 13.7. The lowest BCUT2D eigenvalue weighted by molar-refractivity contribution is 0.0303. The highest BCUT2D eigenvalue weighted by molar-refractivity contribution is 9.10. The van der Waals surface area contributed by atoms with Crippen molar-refractivity contribution in [3.63, 3.8) is 0 Å². The highest BCUT2D eigenvalue weighted by Crippen LogP contribution is 2.19. The molecule has 0 aromatic heterocycles. The van der Waals surface area contributed by atoms with Gasteiger partial charge in [-0.2, -0.15) is 0 Å². The number of benzene rings is 1. The van der Waals surface area contributed by atoms with Gasteiger partial charge in [0.25, 0.3) is 0 Å². The van der Waals surface area contributed by atoms with Crippen LogP contribution in [0.15, 0.2) is 28.7 Å². The van der Waals surface area contributed by atoms with Crippen LogP contribution in [-0.2, 0) is 0 Å². The molecule has 1 aromatic rings. The van der Waals surface area contributed by atoms with Crippen molar-refractivity contribution >= 4 is 15.9 Å². The van der Waals surface area contributed by atoms with E-state index in [4.69, 9.17) is 0 Å². The van der Waals surface area contributed by atoms with Gasteiger partial charge in [0.1, 0.15) is 0 Å². The molecule has 17 heavy (non-hydrogen) atoms. The predicted molar refractivity (Wildman–Crippen MR) is 76.1 cm³/mol. The number of aliphatic hydroxyl groups is 1. The zero-order chi connectivity index (χ0) is 12.9. The van der Waals surface area contributed by atoms with Crippen LogP contribution in [0.3, 0.4) is 0 Å². The SMILES string of the molecule is CCC(O)(CC)CN[C@@H](C)c1ccc(Br)cc1. The smallest absolute Gasteiger partial charge is 0.0766 e. The van der Waals surface area contributed by atoms with Crippen molar-refractivity contribution in [3.8, 4) is 0 Å². The summed E-state index contributed by atoms with van der Waals surface area (Å²) in [5.41, 5.74) is 0.659. The second-order valence-corrected chi connectivity index (χ2v) is 5.50. The van der Waals surface area contributed by atoms with Crippen molar-refractivity contribution in [3.05, 3.63) is 34.3 Å². The van der Waals surface area contributed by atoms with Crippen LogP contribution < -0.4 is 5.32 Å². The van der Waals surface area contributed by atoms with E-state index in [-0.39, 0.29) is 6.04 Å². The molecule has 0 heterocycles. The summed E-state index contributed by atoms with van der Waals surface area (Å²) < 4.78 is 1.09. The maximum Gasteiger partial charge on any atom is 0.0766 e. The Labute approximate surface area is 113 Å². The van der Waals surface area contributed by atoms with Gasteiger partial charge in [-0.05, 0) is 37.5 Å². The van der Waals surface area contributed by atoms with E-state index >= 15 is 0 Å². The average molecular weight is 300 g/mol. The monoisotopic (exact) mass is 299 g/mol. The third-order valence-electron chi connectivity index (χ3n) is 3.42. The third kappa shape index (κ3) is 4.41. The van der Waals surface area contributed by atoms with Gasteiger partial charge < -0.3 is 10.4 Å². The fourth-order valence-electron chi connectivity index (χ4n) is 1.71. The summed E-state index contributed by atoms with van der Waals surface area (Å²) in [6, 6.07) is 8.53. The third-order valence-corrected chi connectivity index (χ3v) is 3.95. The second-order valence-electron chi connectivity index (χ2n) is 4.59. The Bertz CT molecular complexity index is 333. The van der Waals surface area contributed by atoms with Crippen LogP contribution in [0.4, 0.5) is 0 Å². The Kier molecular flexibility index (Phi) is 5.63. The van der Waals surface area contributed by atoms with Crippen molar-refractivity contribution in [1.82, 2.24) is 5.32 Å². The van der Waals surface area contributed by atoms with E-state index in [0.717, 1.165) is 17.3 Å². The van der Waals surface area contributed by atoms with Crippen molar-refractivity contribution in [2.24, 2.45) is 0 Å². The zero-order valence-corrected chi connectivity index (χ0v) is 12.4. The molecule has 1 atom stereocenters. The van der Waals surface area contributed by atoms with Crippen LogP contribution in [0.1, 0.15) is 45.2 Å². The van der Waals surface area contributed by atoms with Crippen LogP contribution in [0.25, 0.3) is 0 Å². The van der Waals surface area contributed by atoms with Crippen molar-refractivity contribution in [1.29, 1.82) is 0 Å². The predicted octanol–water partition coefficient (Wildman–Crippen LogP) is 3.65. The molecule has 1 aromatic carbocycles. The molecule has 0 saturated heterocycles. The second kappa shape index (κ2) is 6.53. The molecule has 0 saturated carbocycles. The molecule has 2 nitrogen and oxygen atoms in total. The van der Waals surface area contributed by atoms with E-state index in [0.29, 0.717) is 6.54 Å². The lowest BCUT2D eigenvalue weighted by atomic mass is 9.96. The Balaban J connectivity index is 2.55. The molecular weight excluding hydrogens is 278 g/mol. The summed E-state index contributed by atoms with van der Waals surface area (Å²) in [6.07, 6.45) is 1.56. The molecule has 0 bridgehead atoms. The average Bonchev–Trinajstić information content (AvgIpc) is 2.36. The molecule has 0 fully saturated rings. The molecule has 0 spiro atoms. The lowest BCUT2D eigenvalue weighted by Gasteiger charge is -2.27. The largest absolute Gasteiger partial charge is 0.389 e. The summed E-state index contributed by atoms with van der Waals surface area (Å²) in [5.74, 6) is 0. The minimum Gasteiger partial charge on any atom is -0.389 e. The Morgan fingerprint density at radius 1 is 1.24 bits per heavy atom. The molecule has 0 aliphatic carbocycles. The zero-order valence-electron chi connectivity index (χ0n) is 10.8. The molecule has 0 aliphatic rings. The number of rotatable bonds is 6. The lowest BCUT2D eigenvalue weighted by Crippen LogP contribution is -2.40. The summed E-state index contributed by atoms with van der Waals surface area (Å²) in [5, 5.41) is 13.6. The fourth-order valence-corrected chi connectivity index (χ4v) is 1.98. The van der Waals surface area contributed by atoms with Crippen LogP contribution in [-0.4, -0.2) is 17.3 Å². The molecule has 3 heteroatoms. The Morgan fingerprint density at radius 3 is 2.24 bits per heavy atom. The number of nitrogens with one attached hydrogen (secondary N) is 1. The maximum atomic E-state index is 10.2. The first-order valence-corrected chi connectivity index (χ1v) is 7.01. The van der Waals surface area contributed by atoms with Gasteiger partial charge in [-0.15, -0.1) is 0 Å². The fraction of sp³-hybridized carbons (Fsp3) is 0.571. The first kappa shape index (κ1) is 14.7. The standard InChI is InChI=1S/C14H22BrNO/c1-4-14(17,5-2)10-16-11(3)12-6-8-13(15)9-7-12/h6-9,11,16-17H,4-5,10H2,1-3H3/t11-/m0/s1. The molecule has 0 unspecified atom stereocenters. The summed E-state index contributed by atoms with van der Waals surface area (Å²) >= 11 is 3.43. The first-order chi connectivity index (χ1) is 8.00. The summed E-state index contributed by atoms with van der Waals surface area (Å²) in [6.45, 7) is 6.80. The van der Waals surface area contributed by atoms with Gasteiger partial charge in [-0.25, -0.2) is 0 Å². The molecule has 2 N–H and O–H groups in total. The van der Waals surface area contributed by atoms with E-state index in [1.54, 1.807) is 0 Å². The van der Waals surface area contributed by atoms with Crippen LogP contribution in [0, 0.1) is 0 Å². The highest BCUT2D eigenvalue weighted by Gasteiger charge is 2.22. The van der Waals surface area contributed by atoms with Gasteiger partial charge in [-0.1, -0.05) is 41.9 Å². The summed E-state index contributed by atoms with van der Waals surface area (Å²) in [4.78, 5) is 0. The number of halogens is 1. The van der Waals surface area contributed by atoms with E-state index in [1.165, 1.54) is 5.56 Å². The van der Waals surface area contributed by atoms with E-state index in [1.807, 2.05) is 26.0 Å². The number of hydrogen-bond acceptors (Lipinski definition) is 2. The van der Waals surface area contributed by atoms with Gasteiger partial charge >= 0.3 is 0 Å². The maximum absolute atomic E-state index is 10.2. The number of hydrogen-bond donors (Lipinski definition) is 2. The first-order valence-electron chi connectivity index (χ1n) is 6.22. The molecule has 0 aliphatic heterocycles. The van der Waals surface area contributed by atoms with Gasteiger partial charge in [0.05, 0.1) is 5.60 Å². The van der Waals surface area contributed by atoms with Gasteiger partial charge in [0, 0.05) is 17.1 Å². The minimum atomic E-state index is -0.580. The van der Waals surface area contributed by atoms with Gasteiger partial charge in [0.15, 0.2) is 0 Å². The quantitative estimate of drug-likeness (QED) is 0.840. The summed E-state index contributed by atoms with van der Waals surface area (Å²) in [7, 11) is 0. The molecular formula is C14H22BrNO. The molecule has 0 radical (unpaired) electrons. The topological polar surface area (TPSA) is 32.3 Å². The minimum absolute atomic E-state index is 0.257. The van der Waals surface area contributed by atoms with Crippen LogP contribution >= 0.6 is 15.9 Å².